The van der Waals surface area contributed by atoms with E-state index in [0.717, 1.165) is 32.5 Å². The average Bonchev–Trinajstić information content (AvgIpc) is 2.71. The van der Waals surface area contributed by atoms with E-state index in [9.17, 15) is 9.59 Å². The molecule has 1 aromatic carbocycles. The maximum Gasteiger partial charge on any atom is 0.255 e. The van der Waals surface area contributed by atoms with Crippen molar-refractivity contribution in [2.75, 3.05) is 31.5 Å². The highest BCUT2D eigenvalue weighted by Crippen LogP contribution is 2.24. The van der Waals surface area contributed by atoms with Crippen LogP contribution in [0.2, 0.25) is 5.02 Å². The first-order chi connectivity index (χ1) is 13.1. The molecule has 2 amide bonds. The molecule has 0 atom stereocenters. The highest BCUT2D eigenvalue weighted by Gasteiger charge is 2.21. The lowest BCUT2D eigenvalue weighted by atomic mass is 9.89. The van der Waals surface area contributed by atoms with Crippen LogP contribution in [0.1, 0.15) is 61.7 Å². The molecule has 27 heavy (non-hydrogen) atoms. The maximum atomic E-state index is 12.9. The van der Waals surface area contributed by atoms with E-state index < -0.39 is 0 Å². The monoisotopic (exact) mass is 391 g/mol. The van der Waals surface area contributed by atoms with Gasteiger partial charge in [-0.2, -0.15) is 0 Å². The van der Waals surface area contributed by atoms with E-state index in [1.165, 1.54) is 38.5 Å². The zero-order valence-electron chi connectivity index (χ0n) is 15.9. The topological polar surface area (TPSA) is 61.4 Å². The number of amides is 2. The molecule has 0 bridgehead atoms. The molecule has 0 radical (unpaired) electrons. The van der Waals surface area contributed by atoms with Gasteiger partial charge in [-0.05, 0) is 56.2 Å². The number of carbonyl (C=O) groups is 2. The lowest BCUT2D eigenvalue weighted by Gasteiger charge is -2.27. The van der Waals surface area contributed by atoms with Gasteiger partial charge >= 0.3 is 0 Å². The normalized spacial score (nSPS) is 18.2. The van der Waals surface area contributed by atoms with Crippen LogP contribution in [0.3, 0.4) is 0 Å². The number of hydrogen-bond donors (Lipinski definition) is 2. The fourth-order valence-electron chi connectivity index (χ4n) is 4.00. The summed E-state index contributed by atoms with van der Waals surface area (Å²) in [5.41, 5.74) is 1.22. The summed E-state index contributed by atoms with van der Waals surface area (Å²) in [5, 5.41) is 6.69. The van der Waals surface area contributed by atoms with Crippen LogP contribution in [0.25, 0.3) is 0 Å². The quantitative estimate of drug-likeness (QED) is 0.768. The molecule has 0 unspecified atom stereocenters. The first kappa shape index (κ1) is 20.0. The van der Waals surface area contributed by atoms with Gasteiger partial charge in [0.15, 0.2) is 0 Å². The predicted octanol–water partition coefficient (Wildman–Crippen LogP) is 4.07. The summed E-state index contributed by atoms with van der Waals surface area (Å²) in [7, 11) is 0. The summed E-state index contributed by atoms with van der Waals surface area (Å²) in [4.78, 5) is 27.0. The van der Waals surface area contributed by atoms with Gasteiger partial charge in [0, 0.05) is 30.3 Å². The largest absolute Gasteiger partial charge is 0.375 e. The third-order valence-electron chi connectivity index (χ3n) is 5.61. The molecule has 1 heterocycles. The number of rotatable bonds is 6. The molecule has 3 rings (SSSR count). The first-order valence-corrected chi connectivity index (χ1v) is 10.6. The summed E-state index contributed by atoms with van der Waals surface area (Å²) in [6.07, 6.45) is 9.53. The summed E-state index contributed by atoms with van der Waals surface area (Å²) >= 11 is 6.12. The Morgan fingerprint density at radius 1 is 1.04 bits per heavy atom. The number of halogens is 1. The van der Waals surface area contributed by atoms with Crippen LogP contribution in [-0.2, 0) is 4.79 Å². The van der Waals surface area contributed by atoms with E-state index >= 15 is 0 Å². The van der Waals surface area contributed by atoms with E-state index in [-0.39, 0.29) is 18.4 Å². The SMILES string of the molecule is O=C(CNc1cc(Cl)ccc1C(=O)N1CCCCC1)NCC1CCCCC1. The van der Waals surface area contributed by atoms with Gasteiger partial charge in [-0.1, -0.05) is 30.9 Å². The van der Waals surface area contributed by atoms with Gasteiger partial charge in [0.05, 0.1) is 12.1 Å². The molecule has 0 aromatic heterocycles. The van der Waals surface area contributed by atoms with Gasteiger partial charge in [-0.15, -0.1) is 0 Å². The fraction of sp³-hybridized carbons (Fsp3) is 0.619. The minimum Gasteiger partial charge on any atom is -0.375 e. The highest BCUT2D eigenvalue weighted by molar-refractivity contribution is 6.31. The first-order valence-electron chi connectivity index (χ1n) is 10.2. The van der Waals surface area contributed by atoms with Crippen LogP contribution >= 0.6 is 11.6 Å². The van der Waals surface area contributed by atoms with E-state index in [2.05, 4.69) is 10.6 Å². The van der Waals surface area contributed by atoms with Crippen molar-refractivity contribution in [3.05, 3.63) is 28.8 Å². The maximum absolute atomic E-state index is 12.9. The van der Waals surface area contributed by atoms with Crippen molar-refractivity contribution in [2.24, 2.45) is 5.92 Å². The molecule has 1 aliphatic heterocycles. The molecule has 0 spiro atoms. The molecule has 5 nitrogen and oxygen atoms in total. The van der Waals surface area contributed by atoms with Gasteiger partial charge in [-0.25, -0.2) is 0 Å². The van der Waals surface area contributed by atoms with Crippen LogP contribution in [0.5, 0.6) is 0 Å². The number of nitrogens with zero attached hydrogens (tertiary/aromatic N) is 1. The van der Waals surface area contributed by atoms with E-state index in [1.807, 2.05) is 4.90 Å². The lowest BCUT2D eigenvalue weighted by Crippen LogP contribution is -2.37. The van der Waals surface area contributed by atoms with Crippen molar-refractivity contribution in [1.29, 1.82) is 0 Å². The highest BCUT2D eigenvalue weighted by atomic mass is 35.5. The fourth-order valence-corrected chi connectivity index (χ4v) is 4.18. The van der Waals surface area contributed by atoms with Gasteiger partial charge in [0.1, 0.15) is 0 Å². The number of nitrogens with one attached hydrogen (secondary N) is 2. The van der Waals surface area contributed by atoms with Crippen molar-refractivity contribution in [1.82, 2.24) is 10.2 Å². The molecular formula is C21H30ClN3O2. The van der Waals surface area contributed by atoms with Crippen molar-refractivity contribution in [2.45, 2.75) is 51.4 Å². The average molecular weight is 392 g/mol. The molecule has 2 fully saturated rings. The van der Waals surface area contributed by atoms with Crippen molar-refractivity contribution >= 4 is 29.1 Å². The molecule has 1 saturated heterocycles. The van der Waals surface area contributed by atoms with Gasteiger partial charge in [0.2, 0.25) is 5.91 Å². The summed E-state index contributed by atoms with van der Waals surface area (Å²) < 4.78 is 0. The Morgan fingerprint density at radius 2 is 1.74 bits per heavy atom. The Labute approximate surface area is 166 Å². The Kier molecular flexibility index (Phi) is 7.39. The van der Waals surface area contributed by atoms with Crippen LogP contribution in [-0.4, -0.2) is 42.9 Å². The molecule has 1 aliphatic carbocycles. The molecule has 2 aliphatic rings. The van der Waals surface area contributed by atoms with E-state index in [1.54, 1.807) is 18.2 Å². The summed E-state index contributed by atoms with van der Waals surface area (Å²) in [6.45, 7) is 2.48. The predicted molar refractivity (Wildman–Crippen MR) is 109 cm³/mol. The standard InChI is InChI=1S/C21H30ClN3O2/c22-17-9-10-18(21(27)25-11-5-2-6-12-25)19(13-17)23-15-20(26)24-14-16-7-3-1-4-8-16/h9-10,13,16,23H,1-8,11-12,14-15H2,(H,24,26). The second kappa shape index (κ2) is 9.98. The second-order valence-corrected chi connectivity index (χ2v) is 8.14. The molecule has 6 heteroatoms. The summed E-state index contributed by atoms with van der Waals surface area (Å²) in [6, 6.07) is 5.21. The Hall–Kier alpha value is -1.75. The van der Waals surface area contributed by atoms with E-state index in [0.29, 0.717) is 22.2 Å². The Bertz CT molecular complexity index is 653. The zero-order valence-corrected chi connectivity index (χ0v) is 16.7. The van der Waals surface area contributed by atoms with E-state index in [4.69, 9.17) is 11.6 Å². The van der Waals surface area contributed by atoms with Crippen LogP contribution in [0, 0.1) is 5.92 Å². The minimum absolute atomic E-state index is 0.0106. The minimum atomic E-state index is -0.0445. The number of hydrogen-bond acceptors (Lipinski definition) is 3. The number of carbonyl (C=O) groups excluding carboxylic acids is 2. The van der Waals surface area contributed by atoms with Crippen molar-refractivity contribution < 1.29 is 9.59 Å². The van der Waals surface area contributed by atoms with Crippen LogP contribution < -0.4 is 10.6 Å². The van der Waals surface area contributed by atoms with Crippen LogP contribution in [0.15, 0.2) is 18.2 Å². The zero-order chi connectivity index (χ0) is 19.1. The van der Waals surface area contributed by atoms with Gasteiger partial charge in [0.25, 0.3) is 5.91 Å². The third-order valence-corrected chi connectivity index (χ3v) is 5.84. The number of likely N-dealkylation sites (tertiary alicyclic amines) is 1. The van der Waals surface area contributed by atoms with Crippen LogP contribution in [0.4, 0.5) is 5.69 Å². The molecule has 1 aromatic rings. The molecule has 2 N–H and O–H groups in total. The molecule has 1 saturated carbocycles. The number of piperidine rings is 1. The number of benzene rings is 1. The smallest absolute Gasteiger partial charge is 0.255 e. The lowest BCUT2D eigenvalue weighted by molar-refractivity contribution is -0.119. The Balaban J connectivity index is 1.56. The second-order valence-electron chi connectivity index (χ2n) is 7.70. The van der Waals surface area contributed by atoms with Gasteiger partial charge in [-0.3, -0.25) is 9.59 Å². The summed E-state index contributed by atoms with van der Waals surface area (Å²) in [5.74, 6) is 0.568. The molecular weight excluding hydrogens is 362 g/mol. The van der Waals surface area contributed by atoms with Crippen molar-refractivity contribution in [3.8, 4) is 0 Å². The molecule has 148 valence electrons. The number of anilines is 1. The Morgan fingerprint density at radius 3 is 2.48 bits per heavy atom. The van der Waals surface area contributed by atoms with Gasteiger partial charge < -0.3 is 15.5 Å². The van der Waals surface area contributed by atoms with Crippen molar-refractivity contribution in [3.63, 3.8) is 0 Å². The third kappa shape index (κ3) is 5.86.